The Hall–Kier alpha value is -1.59. The van der Waals surface area contributed by atoms with Gasteiger partial charge in [-0.2, -0.15) is 13.2 Å². The van der Waals surface area contributed by atoms with E-state index in [0.29, 0.717) is 17.1 Å². The highest BCUT2D eigenvalue weighted by Gasteiger charge is 2.29. The number of nitrogen functional groups attached to an aromatic ring is 1. The summed E-state index contributed by atoms with van der Waals surface area (Å²) < 4.78 is 42.3. The summed E-state index contributed by atoms with van der Waals surface area (Å²) in [6.07, 6.45) is -4.31. The maximum Gasteiger partial charge on any atom is 0.405 e. The summed E-state index contributed by atoms with van der Waals surface area (Å²) in [6.45, 7) is 2.64. The van der Waals surface area contributed by atoms with Gasteiger partial charge in [-0.1, -0.05) is 0 Å². The highest BCUT2D eigenvalue weighted by Crippen LogP contribution is 2.27. The van der Waals surface area contributed by atoms with Crippen LogP contribution in [0.2, 0.25) is 0 Å². The van der Waals surface area contributed by atoms with Gasteiger partial charge in [0.25, 0.3) is 0 Å². The Labute approximate surface area is 104 Å². The first-order chi connectivity index (χ1) is 8.17. The number of hydrogen-bond acceptors (Lipinski definition) is 3. The predicted molar refractivity (Wildman–Crippen MR) is 65.9 cm³/mol. The average Bonchev–Trinajstić information content (AvgIpc) is 2.12. The van der Waals surface area contributed by atoms with E-state index in [2.05, 4.69) is 0 Å². The molecule has 0 fully saturated rings. The Morgan fingerprint density at radius 3 is 2.39 bits per heavy atom. The minimum Gasteiger partial charge on any atom is -0.491 e. The molecule has 0 atom stereocenters. The molecule has 3 nitrogen and oxygen atoms in total. The monoisotopic (exact) mass is 262 g/mol. The summed E-state index contributed by atoms with van der Waals surface area (Å²) in [5, 5.41) is 0. The summed E-state index contributed by atoms with van der Waals surface area (Å²) in [7, 11) is 1.36. The van der Waals surface area contributed by atoms with Gasteiger partial charge in [-0.15, -0.1) is 0 Å². The Balaban J connectivity index is 2.91. The van der Waals surface area contributed by atoms with E-state index < -0.39 is 12.7 Å². The average molecular weight is 262 g/mol. The van der Waals surface area contributed by atoms with Crippen LogP contribution in [0.5, 0.6) is 5.75 Å². The van der Waals surface area contributed by atoms with Crippen LogP contribution in [0.1, 0.15) is 13.8 Å². The fourth-order valence-corrected chi connectivity index (χ4v) is 1.53. The normalized spacial score (nSPS) is 11.7. The number of ether oxygens (including phenoxy) is 1. The summed E-state index contributed by atoms with van der Waals surface area (Å²) in [5.41, 5.74) is 6.40. The smallest absolute Gasteiger partial charge is 0.405 e. The second kappa shape index (κ2) is 5.37. The number of anilines is 2. The van der Waals surface area contributed by atoms with Crippen molar-refractivity contribution in [3.63, 3.8) is 0 Å². The molecule has 0 aromatic heterocycles. The number of nitrogens with zero attached hydrogens (tertiary/aromatic N) is 1. The van der Waals surface area contributed by atoms with E-state index >= 15 is 0 Å². The third-order valence-corrected chi connectivity index (χ3v) is 2.14. The standard InChI is InChI=1S/C12H17F3N2O/c1-8(2)18-11-5-9(16)4-10(6-11)17(3)7-12(13,14)15/h4-6,8H,7,16H2,1-3H3. The number of rotatable bonds is 4. The van der Waals surface area contributed by atoms with E-state index in [1.807, 2.05) is 13.8 Å². The zero-order valence-corrected chi connectivity index (χ0v) is 10.6. The van der Waals surface area contributed by atoms with E-state index in [1.165, 1.54) is 13.1 Å². The quantitative estimate of drug-likeness (QED) is 0.847. The molecule has 0 saturated carbocycles. The van der Waals surface area contributed by atoms with E-state index in [1.54, 1.807) is 12.1 Å². The summed E-state index contributed by atoms with van der Waals surface area (Å²) in [5.74, 6) is 0.467. The first kappa shape index (κ1) is 14.5. The SMILES string of the molecule is CC(C)Oc1cc(N)cc(N(C)CC(F)(F)F)c1. The van der Waals surface area contributed by atoms with Crippen LogP contribution >= 0.6 is 0 Å². The summed E-state index contributed by atoms with van der Waals surface area (Å²) >= 11 is 0. The molecule has 6 heteroatoms. The van der Waals surface area contributed by atoms with Gasteiger partial charge in [0, 0.05) is 30.6 Å². The van der Waals surface area contributed by atoms with Crippen molar-refractivity contribution < 1.29 is 17.9 Å². The van der Waals surface area contributed by atoms with E-state index in [4.69, 9.17) is 10.5 Å². The van der Waals surface area contributed by atoms with Crippen molar-refractivity contribution >= 4 is 11.4 Å². The van der Waals surface area contributed by atoms with Gasteiger partial charge in [-0.3, -0.25) is 0 Å². The molecule has 1 rings (SSSR count). The van der Waals surface area contributed by atoms with Crippen molar-refractivity contribution in [3.8, 4) is 5.75 Å². The first-order valence-electron chi connectivity index (χ1n) is 5.52. The van der Waals surface area contributed by atoms with Gasteiger partial charge in [0.15, 0.2) is 0 Å². The molecule has 0 bridgehead atoms. The third-order valence-electron chi connectivity index (χ3n) is 2.14. The highest BCUT2D eigenvalue weighted by molar-refractivity contribution is 5.60. The number of nitrogens with two attached hydrogens (primary N) is 1. The molecule has 18 heavy (non-hydrogen) atoms. The lowest BCUT2D eigenvalue weighted by Crippen LogP contribution is -2.30. The van der Waals surface area contributed by atoms with E-state index in [0.717, 1.165) is 4.90 Å². The molecule has 0 unspecified atom stereocenters. The minimum absolute atomic E-state index is 0.0624. The number of hydrogen-bond donors (Lipinski definition) is 1. The van der Waals surface area contributed by atoms with Crippen LogP contribution in [0.15, 0.2) is 18.2 Å². The summed E-state index contributed by atoms with van der Waals surface area (Å²) in [4.78, 5) is 1.09. The van der Waals surface area contributed by atoms with Crippen molar-refractivity contribution in [1.82, 2.24) is 0 Å². The minimum atomic E-state index is -4.25. The second-order valence-electron chi connectivity index (χ2n) is 4.40. The molecule has 0 spiro atoms. The molecule has 0 amide bonds. The molecule has 0 heterocycles. The van der Waals surface area contributed by atoms with Crippen molar-refractivity contribution in [3.05, 3.63) is 18.2 Å². The molecule has 0 radical (unpaired) electrons. The van der Waals surface area contributed by atoms with Crippen LogP contribution in [-0.4, -0.2) is 25.9 Å². The lowest BCUT2D eigenvalue weighted by molar-refractivity contribution is -0.119. The molecule has 1 aromatic carbocycles. The fourth-order valence-electron chi connectivity index (χ4n) is 1.53. The summed E-state index contributed by atoms with van der Waals surface area (Å²) in [6, 6.07) is 4.62. The van der Waals surface area contributed by atoms with Crippen LogP contribution in [0, 0.1) is 0 Å². The molecule has 2 N–H and O–H groups in total. The molecule has 0 aliphatic carbocycles. The largest absolute Gasteiger partial charge is 0.491 e. The predicted octanol–water partition coefficient (Wildman–Crippen LogP) is 3.05. The molecule has 102 valence electrons. The van der Waals surface area contributed by atoms with Crippen molar-refractivity contribution in [2.45, 2.75) is 26.1 Å². The maximum atomic E-state index is 12.3. The van der Waals surface area contributed by atoms with Crippen LogP contribution in [0.4, 0.5) is 24.5 Å². The van der Waals surface area contributed by atoms with Gasteiger partial charge in [-0.05, 0) is 19.9 Å². The molecule has 0 aliphatic heterocycles. The lowest BCUT2D eigenvalue weighted by Gasteiger charge is -2.22. The zero-order valence-electron chi connectivity index (χ0n) is 10.6. The van der Waals surface area contributed by atoms with Crippen molar-refractivity contribution in [2.75, 3.05) is 24.2 Å². The number of benzene rings is 1. The Morgan fingerprint density at radius 2 is 1.89 bits per heavy atom. The van der Waals surface area contributed by atoms with Gasteiger partial charge in [-0.25, -0.2) is 0 Å². The molecule has 0 aliphatic rings. The molecular formula is C12H17F3N2O. The zero-order chi connectivity index (χ0) is 13.9. The van der Waals surface area contributed by atoms with Gasteiger partial charge >= 0.3 is 6.18 Å². The topological polar surface area (TPSA) is 38.5 Å². The fraction of sp³-hybridized carbons (Fsp3) is 0.500. The third kappa shape index (κ3) is 4.73. The van der Waals surface area contributed by atoms with Crippen molar-refractivity contribution in [1.29, 1.82) is 0 Å². The first-order valence-corrected chi connectivity index (χ1v) is 5.52. The highest BCUT2D eigenvalue weighted by atomic mass is 19.4. The van der Waals surface area contributed by atoms with Gasteiger partial charge < -0.3 is 15.4 Å². The van der Waals surface area contributed by atoms with Crippen LogP contribution in [0.25, 0.3) is 0 Å². The van der Waals surface area contributed by atoms with Gasteiger partial charge in [0.2, 0.25) is 0 Å². The molecule has 1 aromatic rings. The van der Waals surface area contributed by atoms with Gasteiger partial charge in [0.05, 0.1) is 6.10 Å². The van der Waals surface area contributed by atoms with Gasteiger partial charge in [0.1, 0.15) is 12.3 Å². The maximum absolute atomic E-state index is 12.3. The van der Waals surface area contributed by atoms with Crippen molar-refractivity contribution in [2.24, 2.45) is 0 Å². The molecular weight excluding hydrogens is 245 g/mol. The Morgan fingerprint density at radius 1 is 1.28 bits per heavy atom. The molecule has 0 saturated heterocycles. The second-order valence-corrected chi connectivity index (χ2v) is 4.40. The van der Waals surface area contributed by atoms with Crippen LogP contribution < -0.4 is 15.4 Å². The lowest BCUT2D eigenvalue weighted by atomic mass is 10.2. The Bertz CT molecular complexity index is 405. The van der Waals surface area contributed by atoms with Crippen LogP contribution in [0.3, 0.4) is 0 Å². The number of alkyl halides is 3. The Kier molecular flexibility index (Phi) is 4.32. The number of halogens is 3. The van der Waals surface area contributed by atoms with E-state index in [-0.39, 0.29) is 6.10 Å². The van der Waals surface area contributed by atoms with Crippen LogP contribution in [-0.2, 0) is 0 Å². The van der Waals surface area contributed by atoms with E-state index in [9.17, 15) is 13.2 Å².